The van der Waals surface area contributed by atoms with E-state index in [4.69, 9.17) is 9.15 Å². The molecule has 4 atom stereocenters. The third-order valence-electron chi connectivity index (χ3n) is 7.53. The molecule has 4 heterocycles. The number of benzene rings is 1. The third kappa shape index (κ3) is 2.72. The van der Waals surface area contributed by atoms with E-state index in [-0.39, 0.29) is 11.4 Å². The van der Waals surface area contributed by atoms with Gasteiger partial charge in [-0.05, 0) is 56.0 Å². The molecule has 31 heavy (non-hydrogen) atoms. The van der Waals surface area contributed by atoms with Crippen LogP contribution in [0, 0.1) is 5.92 Å². The minimum absolute atomic E-state index is 0.0398. The molecule has 7 heteroatoms. The van der Waals surface area contributed by atoms with E-state index >= 15 is 0 Å². The maximum atomic E-state index is 12.3. The average Bonchev–Trinajstić information content (AvgIpc) is 3.30. The first kappa shape index (κ1) is 18.8. The Bertz CT molecular complexity index is 1100. The first-order valence-electron chi connectivity index (χ1n) is 11.0. The number of allylic oxidation sites excluding steroid dienone is 2. The normalized spacial score (nSPS) is 31.0. The summed E-state index contributed by atoms with van der Waals surface area (Å²) in [5, 5.41) is 8.75. The van der Waals surface area contributed by atoms with Gasteiger partial charge in [-0.3, -0.25) is 9.69 Å². The lowest BCUT2D eigenvalue weighted by Gasteiger charge is -2.62. The predicted molar refractivity (Wildman–Crippen MR) is 114 cm³/mol. The molecule has 160 valence electrons. The van der Waals surface area contributed by atoms with Crippen molar-refractivity contribution in [2.45, 2.75) is 36.8 Å². The molecule has 2 saturated heterocycles. The zero-order valence-electron chi connectivity index (χ0n) is 17.8. The van der Waals surface area contributed by atoms with Crippen LogP contribution in [0.4, 0.5) is 0 Å². The molecule has 1 saturated carbocycles. The Balaban J connectivity index is 1.20. The topological polar surface area (TPSA) is 71.7 Å². The molecule has 0 bridgehead atoms. The van der Waals surface area contributed by atoms with Gasteiger partial charge in [-0.2, -0.15) is 0 Å². The number of rotatable bonds is 4. The summed E-state index contributed by atoms with van der Waals surface area (Å²) in [6.07, 6.45) is 9.20. The highest BCUT2D eigenvalue weighted by atomic mass is 16.5. The lowest BCUT2D eigenvalue weighted by molar-refractivity contribution is -0.0999. The summed E-state index contributed by atoms with van der Waals surface area (Å²) in [5.41, 5.74) is 1.76. The van der Waals surface area contributed by atoms with E-state index < -0.39 is 6.10 Å². The Hall–Kier alpha value is -2.93. The molecule has 1 aromatic carbocycles. The van der Waals surface area contributed by atoms with Crippen molar-refractivity contribution in [3.05, 3.63) is 65.4 Å². The number of ether oxygens (including phenoxy) is 1. The minimum atomic E-state index is -0.427. The molecule has 4 aliphatic rings. The molecule has 3 fully saturated rings. The van der Waals surface area contributed by atoms with Gasteiger partial charge in [0.25, 0.3) is 11.8 Å². The van der Waals surface area contributed by atoms with Gasteiger partial charge in [0, 0.05) is 37.3 Å². The van der Waals surface area contributed by atoms with Gasteiger partial charge < -0.3 is 14.1 Å². The van der Waals surface area contributed by atoms with Gasteiger partial charge in [0.2, 0.25) is 5.89 Å². The molecule has 0 N–H and O–H groups in total. The monoisotopic (exact) mass is 418 g/mol. The first-order valence-corrected chi connectivity index (χ1v) is 11.0. The van der Waals surface area contributed by atoms with Crippen LogP contribution in [0.25, 0.3) is 5.76 Å². The van der Waals surface area contributed by atoms with Gasteiger partial charge in [0.05, 0.1) is 5.92 Å². The quantitative estimate of drug-likeness (QED) is 0.758. The van der Waals surface area contributed by atoms with E-state index in [1.807, 2.05) is 42.5 Å². The smallest absolute Gasteiger partial charge is 0.261 e. The van der Waals surface area contributed by atoms with E-state index in [2.05, 4.69) is 15.1 Å². The van der Waals surface area contributed by atoms with Gasteiger partial charge in [0.1, 0.15) is 5.76 Å². The second-order valence-electron chi connectivity index (χ2n) is 9.23. The van der Waals surface area contributed by atoms with Gasteiger partial charge in [-0.25, -0.2) is 0 Å². The van der Waals surface area contributed by atoms with Gasteiger partial charge in [-0.15, -0.1) is 10.2 Å². The fourth-order valence-corrected chi connectivity index (χ4v) is 5.80. The maximum Gasteiger partial charge on any atom is 0.261 e. The van der Waals surface area contributed by atoms with Crippen LogP contribution < -0.4 is 0 Å². The van der Waals surface area contributed by atoms with E-state index in [9.17, 15) is 4.79 Å². The highest BCUT2D eigenvalue weighted by Crippen LogP contribution is 2.63. The Kier molecular flexibility index (Phi) is 4.12. The highest BCUT2D eigenvalue weighted by molar-refractivity contribution is 5.94. The Morgan fingerprint density at radius 1 is 1.23 bits per heavy atom. The standard InChI is InChI=1S/C24H26N4O3/c1-27(2)23(29)16-6-3-5-15(13-16)19-7-4-8-20(30-19)22-26-25-21(31-22)18-14-28-12-10-17-9-11-24(17,18)28/h3-8,13,17-18,20H,9-12,14H2,1-2H3. The maximum absolute atomic E-state index is 12.3. The summed E-state index contributed by atoms with van der Waals surface area (Å²) in [7, 11) is 3.49. The molecule has 1 spiro atoms. The zero-order chi connectivity index (χ0) is 21.2. The summed E-state index contributed by atoms with van der Waals surface area (Å²) < 4.78 is 12.3. The van der Waals surface area contributed by atoms with Crippen LogP contribution in [-0.2, 0) is 4.74 Å². The van der Waals surface area contributed by atoms with Crippen LogP contribution in [0.15, 0.2) is 46.9 Å². The molecule has 1 aliphatic carbocycles. The molecular weight excluding hydrogens is 392 g/mol. The predicted octanol–water partition coefficient (Wildman–Crippen LogP) is 3.39. The molecule has 6 rings (SSSR count). The van der Waals surface area contributed by atoms with Crippen molar-refractivity contribution in [2.24, 2.45) is 5.92 Å². The molecule has 7 nitrogen and oxygen atoms in total. The second-order valence-corrected chi connectivity index (χ2v) is 9.23. The molecule has 4 unspecified atom stereocenters. The number of aromatic nitrogens is 2. The van der Waals surface area contributed by atoms with Crippen LogP contribution in [0.3, 0.4) is 0 Å². The lowest BCUT2D eigenvalue weighted by Crippen LogP contribution is -2.69. The van der Waals surface area contributed by atoms with Crippen molar-refractivity contribution in [3.8, 4) is 0 Å². The summed E-state index contributed by atoms with van der Waals surface area (Å²) in [5.74, 6) is 3.03. The second kappa shape index (κ2) is 6.79. The zero-order valence-corrected chi connectivity index (χ0v) is 17.8. The Labute approximate surface area is 181 Å². The fraction of sp³-hybridized carbons (Fsp3) is 0.458. The van der Waals surface area contributed by atoms with Crippen molar-refractivity contribution < 1.29 is 13.9 Å². The van der Waals surface area contributed by atoms with Crippen LogP contribution >= 0.6 is 0 Å². The number of carbonyl (C=O) groups excluding carboxylic acids is 1. The van der Waals surface area contributed by atoms with Crippen LogP contribution in [0.5, 0.6) is 0 Å². The summed E-state index contributed by atoms with van der Waals surface area (Å²) >= 11 is 0. The number of carbonyl (C=O) groups is 1. The minimum Gasteiger partial charge on any atom is -0.476 e. The van der Waals surface area contributed by atoms with Crippen molar-refractivity contribution >= 4 is 11.7 Å². The van der Waals surface area contributed by atoms with Crippen molar-refractivity contribution in [1.82, 2.24) is 20.0 Å². The molecular formula is C24H26N4O3. The first-order chi connectivity index (χ1) is 15.1. The number of hydrogen-bond donors (Lipinski definition) is 0. The van der Waals surface area contributed by atoms with Crippen LogP contribution in [0.2, 0.25) is 0 Å². The number of amides is 1. The fourth-order valence-electron chi connectivity index (χ4n) is 5.80. The van der Waals surface area contributed by atoms with Gasteiger partial charge in [0.15, 0.2) is 6.10 Å². The van der Waals surface area contributed by atoms with Gasteiger partial charge >= 0.3 is 0 Å². The molecule has 0 radical (unpaired) electrons. The van der Waals surface area contributed by atoms with Crippen LogP contribution in [0.1, 0.15) is 59.0 Å². The van der Waals surface area contributed by atoms with E-state index in [1.165, 1.54) is 25.8 Å². The SMILES string of the molecule is CN(C)C(=O)c1cccc(C2=CC=CC(c3nnc(C4CN5CCC6CCC645)o3)O2)c1. The third-order valence-corrected chi connectivity index (χ3v) is 7.53. The molecule has 2 aromatic rings. The highest BCUT2D eigenvalue weighted by Gasteiger charge is 2.67. The van der Waals surface area contributed by atoms with Crippen molar-refractivity contribution in [3.63, 3.8) is 0 Å². The molecule has 1 amide bonds. The van der Waals surface area contributed by atoms with Crippen molar-refractivity contribution in [1.29, 1.82) is 0 Å². The average molecular weight is 418 g/mol. The van der Waals surface area contributed by atoms with E-state index in [0.29, 0.717) is 23.1 Å². The summed E-state index contributed by atoms with van der Waals surface area (Å²) in [4.78, 5) is 16.5. The molecule has 3 aliphatic heterocycles. The van der Waals surface area contributed by atoms with E-state index in [0.717, 1.165) is 23.9 Å². The summed E-state index contributed by atoms with van der Waals surface area (Å²) in [6, 6.07) is 7.47. The summed E-state index contributed by atoms with van der Waals surface area (Å²) in [6.45, 7) is 2.23. The number of hydrogen-bond acceptors (Lipinski definition) is 6. The lowest BCUT2D eigenvalue weighted by atomic mass is 9.56. The van der Waals surface area contributed by atoms with Gasteiger partial charge in [-0.1, -0.05) is 18.2 Å². The van der Waals surface area contributed by atoms with Crippen LogP contribution in [-0.4, -0.2) is 58.6 Å². The van der Waals surface area contributed by atoms with Crippen molar-refractivity contribution in [2.75, 3.05) is 27.2 Å². The Morgan fingerprint density at radius 3 is 2.87 bits per heavy atom. The Morgan fingerprint density at radius 2 is 2.10 bits per heavy atom. The van der Waals surface area contributed by atoms with E-state index in [1.54, 1.807) is 19.0 Å². The largest absolute Gasteiger partial charge is 0.476 e. The molecule has 1 aromatic heterocycles. The number of nitrogens with zero attached hydrogens (tertiary/aromatic N) is 4.